The molecule has 0 unspecified atom stereocenters. The molecule has 2 aromatic carbocycles. The Hall–Kier alpha value is -1.88. The summed E-state index contributed by atoms with van der Waals surface area (Å²) in [6.07, 6.45) is 0. The normalized spacial score (nSPS) is 10.3. The molecule has 0 atom stereocenters. The first-order chi connectivity index (χ1) is 8.97. The van der Waals surface area contributed by atoms with Gasteiger partial charge >= 0.3 is 0 Å². The Balaban J connectivity index is 2.28. The monoisotopic (exact) mass is 322 g/mol. The average molecular weight is 323 g/mol. The number of anilines is 2. The van der Waals surface area contributed by atoms with Crippen LogP contribution in [0.1, 0.15) is 15.9 Å². The summed E-state index contributed by atoms with van der Waals surface area (Å²) < 4.78 is 14.5. The van der Waals surface area contributed by atoms with E-state index in [1.165, 1.54) is 18.2 Å². The number of carbonyl (C=O) groups excluding carboxylic acids is 1. The lowest BCUT2D eigenvalue weighted by molar-refractivity contribution is 0.102. The molecule has 0 aliphatic heterocycles. The molecule has 98 valence electrons. The molecule has 3 nitrogen and oxygen atoms in total. The van der Waals surface area contributed by atoms with Crippen LogP contribution in [0.15, 0.2) is 40.9 Å². The maximum Gasteiger partial charge on any atom is 0.258 e. The van der Waals surface area contributed by atoms with Gasteiger partial charge in [-0.15, -0.1) is 0 Å². The fourth-order valence-electron chi connectivity index (χ4n) is 1.67. The van der Waals surface area contributed by atoms with Crippen molar-refractivity contribution in [1.82, 2.24) is 0 Å². The molecule has 1 amide bonds. The van der Waals surface area contributed by atoms with Gasteiger partial charge in [0.05, 0.1) is 5.56 Å². The van der Waals surface area contributed by atoms with Crippen molar-refractivity contribution < 1.29 is 9.18 Å². The second-order valence-electron chi connectivity index (χ2n) is 4.15. The first kappa shape index (κ1) is 13.5. The smallest absolute Gasteiger partial charge is 0.258 e. The molecule has 0 aromatic heterocycles. The summed E-state index contributed by atoms with van der Waals surface area (Å²) in [5, 5.41) is 2.67. The molecule has 0 saturated carbocycles. The van der Waals surface area contributed by atoms with Gasteiger partial charge in [0.2, 0.25) is 0 Å². The molecule has 19 heavy (non-hydrogen) atoms. The Morgan fingerprint density at radius 2 is 2.00 bits per heavy atom. The predicted octanol–water partition coefficient (Wildman–Crippen LogP) is 3.73. The van der Waals surface area contributed by atoms with Gasteiger partial charge in [0.15, 0.2) is 0 Å². The number of nitrogen functional groups attached to an aromatic ring is 1. The fraction of sp³-hybridized carbons (Fsp3) is 0.0714. The predicted molar refractivity (Wildman–Crippen MR) is 77.6 cm³/mol. The zero-order valence-electron chi connectivity index (χ0n) is 10.2. The van der Waals surface area contributed by atoms with E-state index in [0.29, 0.717) is 11.4 Å². The number of nitrogens with one attached hydrogen (secondary N) is 1. The van der Waals surface area contributed by atoms with E-state index in [2.05, 4.69) is 21.2 Å². The van der Waals surface area contributed by atoms with Gasteiger partial charge in [-0.2, -0.15) is 0 Å². The third kappa shape index (κ3) is 3.12. The Labute approximate surface area is 118 Å². The van der Waals surface area contributed by atoms with E-state index in [0.717, 1.165) is 10.0 Å². The van der Waals surface area contributed by atoms with Crippen molar-refractivity contribution in [2.75, 3.05) is 11.1 Å². The largest absolute Gasteiger partial charge is 0.399 e. The highest BCUT2D eigenvalue weighted by atomic mass is 79.9. The molecule has 2 rings (SSSR count). The van der Waals surface area contributed by atoms with E-state index in [9.17, 15) is 9.18 Å². The number of nitrogens with two attached hydrogens (primary N) is 1. The number of hydrogen-bond acceptors (Lipinski definition) is 2. The minimum Gasteiger partial charge on any atom is -0.399 e. The Morgan fingerprint density at radius 1 is 1.26 bits per heavy atom. The van der Waals surface area contributed by atoms with Crippen molar-refractivity contribution >= 4 is 33.2 Å². The number of hydrogen-bond donors (Lipinski definition) is 2. The van der Waals surface area contributed by atoms with Crippen molar-refractivity contribution in [2.45, 2.75) is 6.92 Å². The second kappa shape index (κ2) is 5.40. The maximum absolute atomic E-state index is 13.6. The zero-order chi connectivity index (χ0) is 14.0. The number of carbonyl (C=O) groups is 1. The summed E-state index contributed by atoms with van der Waals surface area (Å²) in [6.45, 7) is 1.86. The first-order valence-corrected chi connectivity index (χ1v) is 6.39. The Bertz CT molecular complexity index is 643. The molecule has 3 N–H and O–H groups in total. The van der Waals surface area contributed by atoms with Gasteiger partial charge in [0, 0.05) is 15.8 Å². The molecule has 0 aliphatic carbocycles. The summed E-state index contributed by atoms with van der Waals surface area (Å²) >= 11 is 3.34. The van der Waals surface area contributed by atoms with E-state index in [1.807, 2.05) is 13.0 Å². The van der Waals surface area contributed by atoms with Crippen LogP contribution in [-0.2, 0) is 0 Å². The van der Waals surface area contributed by atoms with Crippen LogP contribution in [0.2, 0.25) is 0 Å². The van der Waals surface area contributed by atoms with Crippen LogP contribution in [0.3, 0.4) is 0 Å². The molecular formula is C14H12BrFN2O. The lowest BCUT2D eigenvalue weighted by atomic mass is 10.1. The highest BCUT2D eigenvalue weighted by molar-refractivity contribution is 9.10. The van der Waals surface area contributed by atoms with Crippen LogP contribution in [-0.4, -0.2) is 5.91 Å². The molecular weight excluding hydrogens is 311 g/mol. The fourth-order valence-corrected chi connectivity index (χ4v) is 2.15. The van der Waals surface area contributed by atoms with Gasteiger partial charge in [-0.1, -0.05) is 15.9 Å². The first-order valence-electron chi connectivity index (χ1n) is 5.60. The van der Waals surface area contributed by atoms with E-state index >= 15 is 0 Å². The van der Waals surface area contributed by atoms with Crippen molar-refractivity contribution in [2.24, 2.45) is 0 Å². The van der Waals surface area contributed by atoms with Crippen molar-refractivity contribution in [3.63, 3.8) is 0 Å². The summed E-state index contributed by atoms with van der Waals surface area (Å²) in [6, 6.07) is 9.33. The highest BCUT2D eigenvalue weighted by Gasteiger charge is 2.13. The standard InChI is InChI=1S/C14H12BrFN2O/c1-8-6-9(15)2-5-13(8)18-14(19)11-7-10(17)3-4-12(11)16/h2-7H,17H2,1H3,(H,18,19). The number of halogens is 2. The third-order valence-corrected chi connectivity index (χ3v) is 3.16. The van der Waals surface area contributed by atoms with Crippen molar-refractivity contribution in [3.8, 4) is 0 Å². The lowest BCUT2D eigenvalue weighted by Crippen LogP contribution is -2.14. The second-order valence-corrected chi connectivity index (χ2v) is 5.07. The summed E-state index contributed by atoms with van der Waals surface area (Å²) in [7, 11) is 0. The molecule has 0 fully saturated rings. The van der Waals surface area contributed by atoms with E-state index in [1.54, 1.807) is 12.1 Å². The third-order valence-electron chi connectivity index (χ3n) is 2.67. The van der Waals surface area contributed by atoms with Crippen LogP contribution in [0.4, 0.5) is 15.8 Å². The summed E-state index contributed by atoms with van der Waals surface area (Å²) in [4.78, 5) is 12.0. The van der Waals surface area contributed by atoms with E-state index < -0.39 is 11.7 Å². The van der Waals surface area contributed by atoms with Crippen LogP contribution in [0, 0.1) is 12.7 Å². The van der Waals surface area contributed by atoms with Crippen LogP contribution in [0.5, 0.6) is 0 Å². The molecule has 0 spiro atoms. The van der Waals surface area contributed by atoms with Crippen molar-refractivity contribution in [3.05, 3.63) is 57.8 Å². The molecule has 0 heterocycles. The van der Waals surface area contributed by atoms with E-state index in [4.69, 9.17) is 5.73 Å². The minimum absolute atomic E-state index is 0.0673. The number of amides is 1. The quantitative estimate of drug-likeness (QED) is 0.828. The molecule has 0 radical (unpaired) electrons. The molecule has 0 saturated heterocycles. The lowest BCUT2D eigenvalue weighted by Gasteiger charge is -2.09. The Kier molecular flexibility index (Phi) is 3.85. The van der Waals surface area contributed by atoms with Crippen LogP contribution < -0.4 is 11.1 Å². The van der Waals surface area contributed by atoms with Crippen LogP contribution >= 0.6 is 15.9 Å². The van der Waals surface area contributed by atoms with E-state index in [-0.39, 0.29) is 5.56 Å². The van der Waals surface area contributed by atoms with Gasteiger partial charge in [0.25, 0.3) is 5.91 Å². The summed E-state index contributed by atoms with van der Waals surface area (Å²) in [5.74, 6) is -1.11. The van der Waals surface area contributed by atoms with Gasteiger partial charge in [-0.05, 0) is 48.9 Å². The topological polar surface area (TPSA) is 55.1 Å². The van der Waals surface area contributed by atoms with Crippen molar-refractivity contribution in [1.29, 1.82) is 0 Å². The number of benzene rings is 2. The van der Waals surface area contributed by atoms with Gasteiger partial charge in [-0.3, -0.25) is 4.79 Å². The Morgan fingerprint density at radius 3 is 2.68 bits per heavy atom. The highest BCUT2D eigenvalue weighted by Crippen LogP contribution is 2.21. The molecule has 5 heteroatoms. The molecule has 0 aliphatic rings. The molecule has 2 aromatic rings. The van der Waals surface area contributed by atoms with Gasteiger partial charge < -0.3 is 11.1 Å². The zero-order valence-corrected chi connectivity index (χ0v) is 11.8. The maximum atomic E-state index is 13.6. The average Bonchev–Trinajstić information content (AvgIpc) is 2.35. The number of aryl methyl sites for hydroxylation is 1. The SMILES string of the molecule is Cc1cc(Br)ccc1NC(=O)c1cc(N)ccc1F. The van der Waals surface area contributed by atoms with Gasteiger partial charge in [0.1, 0.15) is 5.82 Å². The molecule has 0 bridgehead atoms. The van der Waals surface area contributed by atoms with Gasteiger partial charge in [-0.25, -0.2) is 4.39 Å². The summed E-state index contributed by atoms with van der Waals surface area (Å²) in [5.41, 5.74) is 7.35. The minimum atomic E-state index is -0.596. The number of rotatable bonds is 2. The van der Waals surface area contributed by atoms with Crippen LogP contribution in [0.25, 0.3) is 0 Å².